The highest BCUT2D eigenvalue weighted by atomic mass is 16.5. The van der Waals surface area contributed by atoms with E-state index in [2.05, 4.69) is 0 Å². The van der Waals surface area contributed by atoms with Crippen molar-refractivity contribution in [2.24, 2.45) is 0 Å². The van der Waals surface area contributed by atoms with Crippen LogP contribution in [0.25, 0.3) is 0 Å². The molecule has 1 N–H and O–H groups in total. The van der Waals surface area contributed by atoms with Crippen molar-refractivity contribution in [1.29, 1.82) is 0 Å². The van der Waals surface area contributed by atoms with Gasteiger partial charge in [0.2, 0.25) is 0 Å². The van der Waals surface area contributed by atoms with Crippen LogP contribution in [0, 0.1) is 5.21 Å². The smallest absolute Gasteiger partial charge is 0.183 e. The van der Waals surface area contributed by atoms with Gasteiger partial charge in [0, 0.05) is 0 Å². The summed E-state index contributed by atoms with van der Waals surface area (Å²) in [6, 6.07) is 7.23. The van der Waals surface area contributed by atoms with Crippen molar-refractivity contribution in [3.8, 4) is 5.75 Å². The first-order valence-electron chi connectivity index (χ1n) is 8.28. The maximum absolute atomic E-state index is 11.4. The SMILES string of the molecule is CC(C)OCCOCc1ccc(OCC(O)/C=[N+](\[O-])C(C)C)cc1. The van der Waals surface area contributed by atoms with E-state index in [0.717, 1.165) is 10.3 Å². The molecule has 1 rings (SSSR count). The van der Waals surface area contributed by atoms with Crippen LogP contribution in [-0.2, 0) is 16.1 Å². The number of aliphatic hydroxyl groups is 1. The normalized spacial score (nSPS) is 13.5. The van der Waals surface area contributed by atoms with Crippen molar-refractivity contribution < 1.29 is 24.1 Å². The first-order valence-corrected chi connectivity index (χ1v) is 8.28. The molecule has 0 aromatic heterocycles. The highest BCUT2D eigenvalue weighted by Gasteiger charge is 2.09. The summed E-state index contributed by atoms with van der Waals surface area (Å²) in [7, 11) is 0. The molecule has 24 heavy (non-hydrogen) atoms. The Bertz CT molecular complexity index is 485. The Balaban J connectivity index is 2.30. The van der Waals surface area contributed by atoms with E-state index in [1.54, 1.807) is 13.8 Å². The van der Waals surface area contributed by atoms with Gasteiger partial charge in [0.1, 0.15) is 12.4 Å². The molecule has 136 valence electrons. The summed E-state index contributed by atoms with van der Waals surface area (Å²) in [6.07, 6.45) is 0.493. The summed E-state index contributed by atoms with van der Waals surface area (Å²) in [4.78, 5) is 0. The van der Waals surface area contributed by atoms with Crippen molar-refractivity contribution in [1.82, 2.24) is 0 Å². The molecule has 6 nitrogen and oxygen atoms in total. The van der Waals surface area contributed by atoms with Gasteiger partial charge in [-0.05, 0) is 45.4 Å². The van der Waals surface area contributed by atoms with Crippen LogP contribution in [0.1, 0.15) is 33.3 Å². The molecular weight excluding hydrogens is 310 g/mol. The topological polar surface area (TPSA) is 74.0 Å². The predicted molar refractivity (Wildman–Crippen MR) is 93.5 cm³/mol. The van der Waals surface area contributed by atoms with E-state index in [1.165, 1.54) is 6.21 Å². The lowest BCUT2D eigenvalue weighted by Gasteiger charge is -2.12. The van der Waals surface area contributed by atoms with E-state index >= 15 is 0 Å². The Morgan fingerprint density at radius 3 is 2.38 bits per heavy atom. The summed E-state index contributed by atoms with van der Waals surface area (Å²) in [6.45, 7) is 9.18. The molecule has 0 aliphatic rings. The molecule has 0 saturated carbocycles. The van der Waals surface area contributed by atoms with Gasteiger partial charge in [-0.25, -0.2) is 4.74 Å². The summed E-state index contributed by atoms with van der Waals surface area (Å²) in [5, 5.41) is 21.2. The fourth-order valence-corrected chi connectivity index (χ4v) is 1.78. The van der Waals surface area contributed by atoms with Crippen LogP contribution in [-0.4, -0.2) is 54.1 Å². The molecule has 1 aromatic rings. The molecule has 0 saturated heterocycles. The number of nitrogens with zero attached hydrogens (tertiary/aromatic N) is 1. The average Bonchev–Trinajstić information content (AvgIpc) is 2.53. The van der Waals surface area contributed by atoms with Gasteiger partial charge in [-0.2, -0.15) is 0 Å². The Labute approximate surface area is 144 Å². The number of benzene rings is 1. The number of hydrogen-bond acceptors (Lipinski definition) is 5. The highest BCUT2D eigenvalue weighted by Crippen LogP contribution is 2.13. The first-order chi connectivity index (χ1) is 11.4. The van der Waals surface area contributed by atoms with E-state index in [-0.39, 0.29) is 18.8 Å². The lowest BCUT2D eigenvalue weighted by molar-refractivity contribution is -0.490. The monoisotopic (exact) mass is 339 g/mol. The maximum atomic E-state index is 11.4. The minimum atomic E-state index is -0.936. The van der Waals surface area contributed by atoms with E-state index in [0.29, 0.717) is 25.6 Å². The number of ether oxygens (including phenoxy) is 3. The second-order valence-electron chi connectivity index (χ2n) is 6.10. The predicted octanol–water partition coefficient (Wildman–Crippen LogP) is 2.36. The van der Waals surface area contributed by atoms with E-state index in [1.807, 2.05) is 38.1 Å². The summed E-state index contributed by atoms with van der Waals surface area (Å²) < 4.78 is 17.1. The summed E-state index contributed by atoms with van der Waals surface area (Å²) >= 11 is 0. The quantitative estimate of drug-likeness (QED) is 0.220. The zero-order valence-corrected chi connectivity index (χ0v) is 15.0. The van der Waals surface area contributed by atoms with Gasteiger partial charge in [0.25, 0.3) is 0 Å². The minimum absolute atomic E-state index is 0.0356. The van der Waals surface area contributed by atoms with Crippen LogP contribution in [0.15, 0.2) is 24.3 Å². The van der Waals surface area contributed by atoms with Gasteiger partial charge < -0.3 is 24.5 Å². The Hall–Kier alpha value is -1.63. The van der Waals surface area contributed by atoms with Gasteiger partial charge in [0.05, 0.1) is 25.9 Å². The van der Waals surface area contributed by atoms with E-state index < -0.39 is 6.10 Å². The zero-order valence-electron chi connectivity index (χ0n) is 15.0. The van der Waals surface area contributed by atoms with E-state index in [4.69, 9.17) is 14.2 Å². The molecule has 0 bridgehead atoms. The second-order valence-corrected chi connectivity index (χ2v) is 6.10. The third-order valence-corrected chi connectivity index (χ3v) is 3.12. The van der Waals surface area contributed by atoms with Gasteiger partial charge in [-0.15, -0.1) is 0 Å². The maximum Gasteiger partial charge on any atom is 0.183 e. The third kappa shape index (κ3) is 8.86. The third-order valence-electron chi connectivity index (χ3n) is 3.12. The molecule has 0 radical (unpaired) electrons. The van der Waals surface area contributed by atoms with Crippen molar-refractivity contribution in [3.05, 3.63) is 35.0 Å². The van der Waals surface area contributed by atoms with Crippen LogP contribution >= 0.6 is 0 Å². The fourth-order valence-electron chi connectivity index (χ4n) is 1.78. The summed E-state index contributed by atoms with van der Waals surface area (Å²) in [5.41, 5.74) is 1.03. The lowest BCUT2D eigenvalue weighted by Crippen LogP contribution is -2.26. The van der Waals surface area contributed by atoms with Gasteiger partial charge >= 0.3 is 0 Å². The van der Waals surface area contributed by atoms with Gasteiger partial charge in [-0.3, -0.25) is 0 Å². The van der Waals surface area contributed by atoms with Gasteiger partial charge in [0.15, 0.2) is 18.4 Å². The van der Waals surface area contributed by atoms with Crippen molar-refractivity contribution >= 4 is 6.21 Å². The Morgan fingerprint density at radius 2 is 1.79 bits per heavy atom. The minimum Gasteiger partial charge on any atom is -0.624 e. The number of hydroxylamine groups is 1. The molecule has 1 aromatic carbocycles. The van der Waals surface area contributed by atoms with E-state index in [9.17, 15) is 10.3 Å². The van der Waals surface area contributed by atoms with Crippen LogP contribution in [0.2, 0.25) is 0 Å². The average molecular weight is 339 g/mol. The molecule has 0 aliphatic heterocycles. The molecule has 0 aliphatic carbocycles. The molecule has 0 amide bonds. The summed E-state index contributed by atoms with van der Waals surface area (Å²) in [5.74, 6) is 0.635. The molecule has 1 atom stereocenters. The van der Waals surface area contributed by atoms with Crippen LogP contribution in [0.3, 0.4) is 0 Å². The molecule has 6 heteroatoms. The molecule has 1 unspecified atom stereocenters. The van der Waals surface area contributed by atoms with Crippen LogP contribution < -0.4 is 4.74 Å². The molecular formula is C18H29NO5. The zero-order chi connectivity index (χ0) is 17.9. The number of rotatable bonds is 11. The molecule has 0 fully saturated rings. The lowest BCUT2D eigenvalue weighted by atomic mass is 10.2. The molecule has 0 spiro atoms. The van der Waals surface area contributed by atoms with Crippen molar-refractivity contribution in [2.45, 2.75) is 52.6 Å². The Morgan fingerprint density at radius 1 is 1.12 bits per heavy atom. The number of hydrogen-bond donors (Lipinski definition) is 1. The standard InChI is InChI=1S/C18H29NO5/c1-14(2)19(21)11-17(20)13-24-18-7-5-16(6-8-18)12-22-9-10-23-15(3)4/h5-8,11,14-15,17,20H,9-10,12-13H2,1-4H3/b19-11-. The van der Waals surface area contributed by atoms with Crippen molar-refractivity contribution in [2.75, 3.05) is 19.8 Å². The molecule has 0 heterocycles. The first kappa shape index (κ1) is 20.4. The highest BCUT2D eigenvalue weighted by molar-refractivity contribution is 5.57. The second kappa shape index (κ2) is 11.0. The number of aliphatic hydroxyl groups excluding tert-OH is 1. The van der Waals surface area contributed by atoms with Crippen molar-refractivity contribution in [3.63, 3.8) is 0 Å². The fraction of sp³-hybridized carbons (Fsp3) is 0.611. The van der Waals surface area contributed by atoms with Crippen LogP contribution in [0.4, 0.5) is 0 Å². The van der Waals surface area contributed by atoms with Gasteiger partial charge in [-0.1, -0.05) is 12.1 Å². The largest absolute Gasteiger partial charge is 0.624 e. The Kier molecular flexibility index (Phi) is 9.37. The van der Waals surface area contributed by atoms with Crippen LogP contribution in [0.5, 0.6) is 5.75 Å².